The number of carbonyl (C=O) groups is 1. The van der Waals surface area contributed by atoms with E-state index >= 15 is 0 Å². The Hall–Kier alpha value is -1.84. The van der Waals surface area contributed by atoms with Gasteiger partial charge < -0.3 is 20.1 Å². The van der Waals surface area contributed by atoms with Crippen molar-refractivity contribution in [2.45, 2.75) is 26.3 Å². The molecule has 0 aliphatic carbocycles. The van der Waals surface area contributed by atoms with Gasteiger partial charge in [-0.3, -0.25) is 9.79 Å². The number of benzene rings is 1. The molecular formula is C18H29IN6O. The van der Waals surface area contributed by atoms with Crippen molar-refractivity contribution in [2.24, 2.45) is 4.99 Å². The first-order valence-electron chi connectivity index (χ1n) is 8.59. The van der Waals surface area contributed by atoms with Crippen molar-refractivity contribution in [3.8, 4) is 0 Å². The first-order valence-corrected chi connectivity index (χ1v) is 8.59. The molecule has 1 heterocycles. The van der Waals surface area contributed by atoms with Gasteiger partial charge in [0.15, 0.2) is 5.96 Å². The number of nitrogens with zero attached hydrogens (tertiary/aromatic N) is 4. The molecule has 0 spiro atoms. The number of fused-ring (bicyclic) bond motifs is 1. The van der Waals surface area contributed by atoms with Gasteiger partial charge in [0, 0.05) is 47.2 Å². The predicted molar refractivity (Wildman–Crippen MR) is 117 cm³/mol. The van der Waals surface area contributed by atoms with Crippen molar-refractivity contribution in [3.63, 3.8) is 0 Å². The van der Waals surface area contributed by atoms with Crippen LogP contribution in [-0.4, -0.2) is 60.6 Å². The topological polar surface area (TPSA) is 74.5 Å². The highest BCUT2D eigenvalue weighted by molar-refractivity contribution is 14.0. The van der Waals surface area contributed by atoms with E-state index < -0.39 is 0 Å². The summed E-state index contributed by atoms with van der Waals surface area (Å²) in [5.74, 6) is 1.86. The lowest BCUT2D eigenvalue weighted by Crippen LogP contribution is -2.39. The first kappa shape index (κ1) is 22.2. The van der Waals surface area contributed by atoms with Gasteiger partial charge in [-0.05, 0) is 25.5 Å². The van der Waals surface area contributed by atoms with Crippen LogP contribution in [0.4, 0.5) is 0 Å². The van der Waals surface area contributed by atoms with E-state index in [1.54, 1.807) is 26.0 Å². The molecule has 144 valence electrons. The summed E-state index contributed by atoms with van der Waals surface area (Å²) in [5.41, 5.74) is 2.21. The van der Waals surface area contributed by atoms with E-state index in [1.165, 1.54) is 5.52 Å². The first-order chi connectivity index (χ1) is 12.0. The second kappa shape index (κ2) is 11.0. The molecule has 2 rings (SSSR count). The Kier molecular flexibility index (Phi) is 9.39. The van der Waals surface area contributed by atoms with Crippen LogP contribution in [0.25, 0.3) is 11.0 Å². The number of rotatable bonds is 7. The fourth-order valence-corrected chi connectivity index (χ4v) is 2.65. The van der Waals surface area contributed by atoms with E-state index in [2.05, 4.69) is 31.2 Å². The maximum absolute atomic E-state index is 11.6. The third-order valence-corrected chi connectivity index (χ3v) is 4.05. The monoisotopic (exact) mass is 472 g/mol. The number of hydrogen-bond donors (Lipinski definition) is 2. The lowest BCUT2D eigenvalue weighted by molar-refractivity contribution is -0.128. The van der Waals surface area contributed by atoms with Gasteiger partial charge in [0.2, 0.25) is 5.91 Å². The molecule has 0 atom stereocenters. The van der Waals surface area contributed by atoms with Crippen LogP contribution in [0.1, 0.15) is 18.7 Å². The number of aliphatic imine (C=N–C) groups is 1. The van der Waals surface area contributed by atoms with Gasteiger partial charge in [0.05, 0.1) is 11.0 Å². The zero-order chi connectivity index (χ0) is 18.2. The third-order valence-electron chi connectivity index (χ3n) is 4.05. The number of para-hydroxylation sites is 2. The summed E-state index contributed by atoms with van der Waals surface area (Å²) in [6.45, 7) is 4.31. The Bertz CT molecular complexity index is 740. The normalized spacial score (nSPS) is 11.2. The number of aromatic nitrogens is 2. The van der Waals surface area contributed by atoms with Crippen LogP contribution >= 0.6 is 24.0 Å². The Balaban J connectivity index is 0.00000338. The Morgan fingerprint density at radius 2 is 1.92 bits per heavy atom. The molecule has 0 aliphatic heterocycles. The molecule has 26 heavy (non-hydrogen) atoms. The quantitative estimate of drug-likeness (QED) is 0.280. The smallest absolute Gasteiger partial charge is 0.223 e. The number of carbonyl (C=O) groups excluding carboxylic acids is 1. The molecule has 0 saturated heterocycles. The van der Waals surface area contributed by atoms with Crippen LogP contribution in [0.15, 0.2) is 29.3 Å². The maximum Gasteiger partial charge on any atom is 0.223 e. The van der Waals surface area contributed by atoms with Crippen molar-refractivity contribution >= 4 is 46.9 Å². The Morgan fingerprint density at radius 1 is 1.23 bits per heavy atom. The number of halogens is 1. The maximum atomic E-state index is 11.6. The molecule has 1 amide bonds. The number of amides is 1. The minimum absolute atomic E-state index is 0. The van der Waals surface area contributed by atoms with Crippen molar-refractivity contribution in [1.29, 1.82) is 0 Å². The zero-order valence-electron chi connectivity index (χ0n) is 16.0. The van der Waals surface area contributed by atoms with Crippen molar-refractivity contribution in [2.75, 3.05) is 34.2 Å². The zero-order valence-corrected chi connectivity index (χ0v) is 18.3. The summed E-state index contributed by atoms with van der Waals surface area (Å²) in [6, 6.07) is 8.19. The molecule has 2 aromatic rings. The largest absolute Gasteiger partial charge is 0.356 e. The average molecular weight is 472 g/mol. The summed E-state index contributed by atoms with van der Waals surface area (Å²) in [6.07, 6.45) is 1.41. The molecule has 8 heteroatoms. The molecule has 1 aromatic heterocycles. The fourth-order valence-electron chi connectivity index (χ4n) is 2.65. The highest BCUT2D eigenvalue weighted by atomic mass is 127. The predicted octanol–water partition coefficient (Wildman–Crippen LogP) is 2.00. The number of aryl methyl sites for hydroxylation is 2. The second-order valence-corrected chi connectivity index (χ2v) is 6.12. The average Bonchev–Trinajstić information content (AvgIpc) is 2.92. The molecule has 0 radical (unpaired) electrons. The second-order valence-electron chi connectivity index (χ2n) is 6.12. The number of guanidine groups is 1. The summed E-state index contributed by atoms with van der Waals surface area (Å²) in [5, 5.41) is 6.44. The highest BCUT2D eigenvalue weighted by Crippen LogP contribution is 2.15. The van der Waals surface area contributed by atoms with E-state index in [1.807, 2.05) is 25.1 Å². The van der Waals surface area contributed by atoms with E-state index in [0.29, 0.717) is 13.0 Å². The molecular weight excluding hydrogens is 443 g/mol. The molecule has 2 N–H and O–H groups in total. The van der Waals surface area contributed by atoms with Crippen LogP contribution in [0.3, 0.4) is 0 Å². The van der Waals surface area contributed by atoms with E-state index in [4.69, 9.17) is 0 Å². The van der Waals surface area contributed by atoms with Gasteiger partial charge in [-0.2, -0.15) is 0 Å². The van der Waals surface area contributed by atoms with Gasteiger partial charge in [-0.15, -0.1) is 24.0 Å². The van der Waals surface area contributed by atoms with Crippen LogP contribution in [0.2, 0.25) is 0 Å². The Morgan fingerprint density at radius 3 is 2.62 bits per heavy atom. The molecule has 0 fully saturated rings. The molecule has 0 unspecified atom stereocenters. The van der Waals surface area contributed by atoms with Gasteiger partial charge in [-0.1, -0.05) is 12.1 Å². The van der Waals surface area contributed by atoms with Gasteiger partial charge >= 0.3 is 0 Å². The molecule has 0 saturated carbocycles. The van der Waals surface area contributed by atoms with E-state index in [0.717, 1.165) is 36.8 Å². The molecule has 0 bridgehead atoms. The fraction of sp³-hybridized carbons (Fsp3) is 0.500. The van der Waals surface area contributed by atoms with Crippen molar-refractivity contribution in [1.82, 2.24) is 25.1 Å². The lowest BCUT2D eigenvalue weighted by atomic mass is 10.3. The SMILES string of the molecule is CN=C(NCCCn1c(C)nc2ccccc21)NCCC(=O)N(C)C.I. The van der Waals surface area contributed by atoms with Crippen LogP contribution in [0, 0.1) is 6.92 Å². The Labute approximate surface area is 172 Å². The standard InChI is InChI=1S/C18H28N6O.HI/c1-14-22-15-8-5-6-9-16(15)24(14)13-7-11-20-18(19-2)21-12-10-17(25)23(3)4;/h5-6,8-9H,7,10-13H2,1-4H3,(H2,19,20,21);1H. The summed E-state index contributed by atoms with van der Waals surface area (Å²) in [7, 11) is 5.25. The minimum Gasteiger partial charge on any atom is -0.356 e. The molecule has 1 aromatic carbocycles. The highest BCUT2D eigenvalue weighted by Gasteiger charge is 2.07. The third kappa shape index (κ3) is 6.15. The molecule has 0 aliphatic rings. The van der Waals surface area contributed by atoms with Crippen LogP contribution in [0.5, 0.6) is 0 Å². The van der Waals surface area contributed by atoms with E-state index in [-0.39, 0.29) is 29.9 Å². The summed E-state index contributed by atoms with van der Waals surface area (Å²) >= 11 is 0. The summed E-state index contributed by atoms with van der Waals surface area (Å²) < 4.78 is 2.24. The number of nitrogens with one attached hydrogen (secondary N) is 2. The summed E-state index contributed by atoms with van der Waals surface area (Å²) in [4.78, 5) is 21.9. The number of hydrogen-bond acceptors (Lipinski definition) is 3. The van der Waals surface area contributed by atoms with Gasteiger partial charge in [-0.25, -0.2) is 4.98 Å². The molecule has 7 nitrogen and oxygen atoms in total. The van der Waals surface area contributed by atoms with Crippen molar-refractivity contribution in [3.05, 3.63) is 30.1 Å². The van der Waals surface area contributed by atoms with Crippen molar-refractivity contribution < 1.29 is 4.79 Å². The lowest BCUT2D eigenvalue weighted by Gasteiger charge is -2.14. The van der Waals surface area contributed by atoms with Crippen LogP contribution < -0.4 is 10.6 Å². The van der Waals surface area contributed by atoms with E-state index in [9.17, 15) is 4.79 Å². The van der Waals surface area contributed by atoms with Crippen LogP contribution in [-0.2, 0) is 11.3 Å². The van der Waals surface area contributed by atoms with Gasteiger partial charge in [0.25, 0.3) is 0 Å². The van der Waals surface area contributed by atoms with Gasteiger partial charge in [0.1, 0.15) is 5.82 Å². The minimum atomic E-state index is 0. The number of imidazole rings is 1.